The van der Waals surface area contributed by atoms with E-state index < -0.39 is 43.9 Å². The van der Waals surface area contributed by atoms with Gasteiger partial charge in [0, 0.05) is 5.57 Å². The van der Waals surface area contributed by atoms with E-state index in [2.05, 4.69) is 193 Å². The first-order valence-corrected chi connectivity index (χ1v) is 27.5. The van der Waals surface area contributed by atoms with Crippen molar-refractivity contribution >= 4 is 32.3 Å². The lowest BCUT2D eigenvalue weighted by atomic mass is 9.76. The average molecular weight is 897 g/mol. The summed E-state index contributed by atoms with van der Waals surface area (Å²) in [6, 6.07) is 33.1. The molecule has 0 N–H and O–H groups in total. The van der Waals surface area contributed by atoms with E-state index in [0.29, 0.717) is 12.4 Å². The summed E-state index contributed by atoms with van der Waals surface area (Å²) in [5.74, 6) is 9.19. The molecule has 1 fully saturated rings. The molecule has 0 spiro atoms. The van der Waals surface area contributed by atoms with Gasteiger partial charge in [-0.2, -0.15) is 17.7 Å². The first-order valence-electron chi connectivity index (χ1n) is 20.2. The summed E-state index contributed by atoms with van der Waals surface area (Å²) >= 11 is 0. The Balaban J connectivity index is 0.000000800. The van der Waals surface area contributed by atoms with E-state index >= 15 is 0 Å². The van der Waals surface area contributed by atoms with Gasteiger partial charge >= 0.3 is 11.4 Å². The van der Waals surface area contributed by atoms with Crippen molar-refractivity contribution < 1.29 is 48.7 Å². The number of hydrogen-bond donors (Lipinski definition) is 0. The van der Waals surface area contributed by atoms with Gasteiger partial charge in [-0.05, 0) is 59.9 Å². The van der Waals surface area contributed by atoms with Crippen LogP contribution in [0.1, 0.15) is 82.8 Å². The first-order chi connectivity index (χ1) is 28.2. The summed E-state index contributed by atoms with van der Waals surface area (Å²) < 4.78 is 87.7. The second-order valence-corrected chi connectivity index (χ2v) is 29.5. The maximum absolute atomic E-state index is 10.7. The molecule has 2 aliphatic rings. The molecule has 4 aromatic rings. The Morgan fingerprint density at radius 2 is 1.30 bits per heavy atom. The van der Waals surface area contributed by atoms with Crippen LogP contribution < -0.4 is 4.57 Å². The highest BCUT2D eigenvalue weighted by Crippen LogP contribution is 2.59. The van der Waals surface area contributed by atoms with Crippen molar-refractivity contribution in [3.05, 3.63) is 131 Å². The Labute approximate surface area is 361 Å². The van der Waals surface area contributed by atoms with Crippen LogP contribution in [0.15, 0.2) is 107 Å². The standard InChI is InChI=1S/C45H59N2O4Si2.CHF3O3S/c1-33(41(48-8)38(51-53(11,12)44(5,6)7)29-22-30-49-52(9,10)43(2,3)4)39-32-46-31-37-40(42(46)50-39)47(37)45(34-23-16-13-17-24-34,35-25-18-14-19-26-35)36-27-20-15-21-28-36;2-1(3,4)8(5,6)7/h13-21,23-28,32,37-38,40H,30-31H2,1-12H3;(H,5,6,7)/q+1;/p-1/b41-33+;/t37-,38?,40-,47?;/m0./s1. The van der Waals surface area contributed by atoms with Crippen molar-refractivity contribution in [2.45, 2.75) is 121 Å². The van der Waals surface area contributed by atoms with Crippen LogP contribution in [0.25, 0.3) is 5.57 Å². The minimum absolute atomic E-state index is 0.00770. The van der Waals surface area contributed by atoms with Crippen LogP contribution in [0, 0.1) is 11.8 Å². The number of fused-ring (bicyclic) bond motifs is 3. The molecule has 1 saturated heterocycles. The molecule has 330 valence electrons. The lowest BCUT2D eigenvalue weighted by Gasteiger charge is -2.38. The molecule has 2 unspecified atom stereocenters. The predicted octanol–water partition coefficient (Wildman–Crippen LogP) is 10.1. The summed E-state index contributed by atoms with van der Waals surface area (Å²) in [7, 11) is -8.57. The number of aromatic nitrogens is 1. The van der Waals surface area contributed by atoms with Crippen LogP contribution in [0.5, 0.6) is 0 Å². The summed E-state index contributed by atoms with van der Waals surface area (Å²) in [5, 5.41) is 0.0998. The summed E-state index contributed by atoms with van der Waals surface area (Å²) in [6.45, 7) is 25.8. The molecular formula is C46H59F3N2O7SSi2. The van der Waals surface area contributed by atoms with Gasteiger partial charge < -0.3 is 22.6 Å². The zero-order valence-electron chi connectivity index (χ0n) is 37.2. The third kappa shape index (κ3) is 9.96. The highest BCUT2D eigenvalue weighted by molar-refractivity contribution is 7.86. The van der Waals surface area contributed by atoms with E-state index in [1.807, 2.05) is 0 Å². The summed E-state index contributed by atoms with van der Waals surface area (Å²) in [6.07, 6.45) is 1.58. The molecule has 0 amide bonds. The van der Waals surface area contributed by atoms with Gasteiger partial charge in [0.25, 0.3) is 0 Å². The van der Waals surface area contributed by atoms with Crippen LogP contribution >= 0.6 is 0 Å². The molecule has 15 heteroatoms. The van der Waals surface area contributed by atoms with Gasteiger partial charge in [-0.1, -0.05) is 144 Å². The number of halogens is 3. The molecule has 4 atom stereocenters. The summed E-state index contributed by atoms with van der Waals surface area (Å²) in [5.41, 5.74) is -1.52. The van der Waals surface area contributed by atoms with Crippen molar-refractivity contribution in [2.75, 3.05) is 13.7 Å². The van der Waals surface area contributed by atoms with Crippen LogP contribution in [-0.2, 0) is 35.8 Å². The SMILES string of the molecule is CO/C(=C(\C)c1c[n+]2c(o1)[C@@H]1[C@H](C2)N1C(c1ccccc1)(c1ccccc1)c1ccccc1)C(C#CCO[Si](C)(C)C(C)(C)C)O[Si](C)(C)C(C)(C)C.O=S(=O)([O-])C(F)(F)F. The minimum Gasteiger partial charge on any atom is -0.741 e. The van der Waals surface area contributed by atoms with E-state index in [9.17, 15) is 13.2 Å². The quantitative estimate of drug-likeness (QED) is 0.0214. The van der Waals surface area contributed by atoms with Crippen molar-refractivity contribution in [3.8, 4) is 11.8 Å². The number of alkyl halides is 3. The number of allylic oxidation sites excluding steroid dienone is 1. The average Bonchev–Trinajstić information content (AvgIpc) is 3.50. The van der Waals surface area contributed by atoms with E-state index in [0.717, 1.165) is 23.8 Å². The molecule has 9 nitrogen and oxygen atoms in total. The smallest absolute Gasteiger partial charge is 0.485 e. The number of hydrogen-bond acceptors (Lipinski definition) is 8. The number of rotatable bonds is 11. The van der Waals surface area contributed by atoms with Crippen LogP contribution in [0.4, 0.5) is 13.2 Å². The highest BCUT2D eigenvalue weighted by Gasteiger charge is 2.70. The zero-order valence-corrected chi connectivity index (χ0v) is 40.0. The zero-order chi connectivity index (χ0) is 45.4. The molecule has 3 heterocycles. The molecule has 6 rings (SSSR count). The van der Waals surface area contributed by atoms with E-state index in [1.54, 1.807) is 7.11 Å². The normalized spacial score (nSPS) is 19.0. The minimum atomic E-state index is -6.09. The van der Waals surface area contributed by atoms with Crippen LogP contribution in [-0.4, -0.2) is 65.9 Å². The van der Waals surface area contributed by atoms with Gasteiger partial charge in [0.2, 0.25) is 12.0 Å². The van der Waals surface area contributed by atoms with Gasteiger partial charge in [-0.15, -0.1) is 0 Å². The van der Waals surface area contributed by atoms with Crippen LogP contribution in [0.3, 0.4) is 0 Å². The second kappa shape index (κ2) is 17.6. The number of benzene rings is 3. The molecule has 0 bridgehead atoms. The fourth-order valence-electron chi connectivity index (χ4n) is 7.11. The van der Waals surface area contributed by atoms with Gasteiger partial charge in [0.1, 0.15) is 11.8 Å². The highest BCUT2D eigenvalue weighted by atomic mass is 32.2. The Hall–Kier alpha value is -4.02. The maximum Gasteiger partial charge on any atom is 0.485 e. The first kappa shape index (κ1) is 48.0. The van der Waals surface area contributed by atoms with Gasteiger partial charge in [-0.3, -0.25) is 4.90 Å². The van der Waals surface area contributed by atoms with E-state index in [-0.39, 0.29) is 22.2 Å². The Morgan fingerprint density at radius 1 is 0.852 bits per heavy atom. The lowest BCUT2D eigenvalue weighted by molar-refractivity contribution is -0.700. The Bertz CT molecular complexity index is 2250. The van der Waals surface area contributed by atoms with Gasteiger partial charge in [0.15, 0.2) is 45.4 Å². The molecule has 2 aliphatic heterocycles. The molecule has 1 aromatic heterocycles. The summed E-state index contributed by atoms with van der Waals surface area (Å²) in [4.78, 5) is 2.64. The molecule has 0 aliphatic carbocycles. The molecule has 0 saturated carbocycles. The third-order valence-corrected chi connectivity index (χ3v) is 22.0. The van der Waals surface area contributed by atoms with Gasteiger partial charge in [0.05, 0.1) is 19.3 Å². The fourth-order valence-corrected chi connectivity index (χ4v) is 9.08. The van der Waals surface area contributed by atoms with Crippen molar-refractivity contribution in [1.29, 1.82) is 0 Å². The van der Waals surface area contributed by atoms with Crippen molar-refractivity contribution in [1.82, 2.24) is 4.90 Å². The molecular weight excluding hydrogens is 838 g/mol. The lowest BCUT2D eigenvalue weighted by Crippen LogP contribution is -2.45. The molecule has 3 aromatic carbocycles. The Morgan fingerprint density at radius 3 is 1.69 bits per heavy atom. The van der Waals surface area contributed by atoms with Gasteiger partial charge in [-0.25, -0.2) is 8.42 Å². The van der Waals surface area contributed by atoms with Crippen molar-refractivity contribution in [2.24, 2.45) is 0 Å². The number of oxazole rings is 1. The fraction of sp³-hybridized carbons (Fsp3) is 0.457. The Kier molecular flexibility index (Phi) is 13.9. The number of nitrogens with zero attached hydrogens (tertiary/aromatic N) is 2. The van der Waals surface area contributed by atoms with Crippen LogP contribution in [0.2, 0.25) is 36.3 Å². The monoisotopic (exact) mass is 896 g/mol. The maximum atomic E-state index is 10.7. The number of ether oxygens (including phenoxy) is 1. The largest absolute Gasteiger partial charge is 0.741 e. The second-order valence-electron chi connectivity index (χ2n) is 18.5. The molecule has 61 heavy (non-hydrogen) atoms. The predicted molar refractivity (Wildman–Crippen MR) is 235 cm³/mol. The third-order valence-electron chi connectivity index (χ3n) is 12.5. The topological polar surface area (TPSA) is 105 Å². The van der Waals surface area contributed by atoms with E-state index in [4.69, 9.17) is 31.0 Å². The van der Waals surface area contributed by atoms with E-state index in [1.165, 1.54) is 16.7 Å². The molecule has 0 radical (unpaired) electrons. The van der Waals surface area contributed by atoms with Crippen molar-refractivity contribution in [3.63, 3.8) is 0 Å². The number of methoxy groups -OCH3 is 1.